The van der Waals surface area contributed by atoms with E-state index in [0.29, 0.717) is 43.0 Å². The summed E-state index contributed by atoms with van der Waals surface area (Å²) in [6.45, 7) is 10.3. The molecule has 0 spiro atoms. The zero-order valence-electron chi connectivity index (χ0n) is 21.1. The molecule has 0 saturated carbocycles. The van der Waals surface area contributed by atoms with E-state index < -0.39 is 23.4 Å². The van der Waals surface area contributed by atoms with Crippen LogP contribution in [0.3, 0.4) is 0 Å². The SMILES string of the molecule is CC(=O)NC[C@H]1CN(c2ccc(-c3ccc(N4CCN(C(=O)C(C)(C)C)CC4)nc3)c(F)c2)C(=O)O1. The van der Waals surface area contributed by atoms with Crippen LogP contribution in [0.1, 0.15) is 27.7 Å². The summed E-state index contributed by atoms with van der Waals surface area (Å²) in [6.07, 6.45) is 0.565. The predicted molar refractivity (Wildman–Crippen MR) is 134 cm³/mol. The first-order valence-corrected chi connectivity index (χ1v) is 12.1. The Kier molecular flexibility index (Phi) is 7.14. The lowest BCUT2D eigenvalue weighted by Gasteiger charge is -2.38. The molecule has 0 bridgehead atoms. The van der Waals surface area contributed by atoms with E-state index in [4.69, 9.17) is 4.74 Å². The van der Waals surface area contributed by atoms with Crippen molar-refractivity contribution in [2.75, 3.05) is 49.1 Å². The Morgan fingerprint density at radius 1 is 1.14 bits per heavy atom. The van der Waals surface area contributed by atoms with Crippen LogP contribution in [-0.2, 0) is 14.3 Å². The van der Waals surface area contributed by atoms with Gasteiger partial charge in [0, 0.05) is 55.8 Å². The van der Waals surface area contributed by atoms with Gasteiger partial charge in [-0.2, -0.15) is 0 Å². The second kappa shape index (κ2) is 10.1. The third-order valence-corrected chi connectivity index (χ3v) is 6.31. The van der Waals surface area contributed by atoms with Crippen LogP contribution in [0.5, 0.6) is 0 Å². The summed E-state index contributed by atoms with van der Waals surface area (Å²) in [4.78, 5) is 45.7. The molecule has 10 heteroatoms. The largest absolute Gasteiger partial charge is 0.442 e. The van der Waals surface area contributed by atoms with E-state index in [1.807, 2.05) is 37.8 Å². The average Bonchev–Trinajstić information content (AvgIpc) is 3.22. The van der Waals surface area contributed by atoms with Gasteiger partial charge >= 0.3 is 6.09 Å². The molecule has 3 amide bonds. The van der Waals surface area contributed by atoms with E-state index in [0.717, 1.165) is 5.82 Å². The number of ether oxygens (including phenoxy) is 1. The molecule has 192 valence electrons. The maximum Gasteiger partial charge on any atom is 0.414 e. The third-order valence-electron chi connectivity index (χ3n) is 6.31. The van der Waals surface area contributed by atoms with Crippen LogP contribution in [0.4, 0.5) is 20.7 Å². The van der Waals surface area contributed by atoms with Gasteiger partial charge in [0.15, 0.2) is 0 Å². The maximum absolute atomic E-state index is 15.0. The van der Waals surface area contributed by atoms with Crippen LogP contribution in [0.25, 0.3) is 11.1 Å². The number of amides is 3. The molecule has 0 radical (unpaired) electrons. The number of halogens is 1. The second-order valence-electron chi connectivity index (χ2n) is 10.2. The van der Waals surface area contributed by atoms with Gasteiger partial charge < -0.3 is 19.9 Å². The third kappa shape index (κ3) is 5.58. The van der Waals surface area contributed by atoms with Crippen molar-refractivity contribution in [2.24, 2.45) is 5.41 Å². The van der Waals surface area contributed by atoms with Gasteiger partial charge in [-0.1, -0.05) is 20.8 Å². The van der Waals surface area contributed by atoms with Crippen LogP contribution in [0, 0.1) is 11.2 Å². The van der Waals surface area contributed by atoms with Gasteiger partial charge in [0.1, 0.15) is 17.7 Å². The summed E-state index contributed by atoms with van der Waals surface area (Å²) in [7, 11) is 0. The number of carbonyl (C=O) groups is 3. The summed E-state index contributed by atoms with van der Waals surface area (Å²) >= 11 is 0. The van der Waals surface area contributed by atoms with Crippen LogP contribution in [-0.4, -0.2) is 73.2 Å². The highest BCUT2D eigenvalue weighted by Crippen LogP contribution is 2.30. The number of rotatable bonds is 5. The van der Waals surface area contributed by atoms with Crippen molar-refractivity contribution in [1.29, 1.82) is 0 Å². The van der Waals surface area contributed by atoms with Crippen molar-refractivity contribution in [1.82, 2.24) is 15.2 Å². The lowest BCUT2D eigenvalue weighted by Crippen LogP contribution is -2.51. The van der Waals surface area contributed by atoms with Gasteiger partial charge in [-0.25, -0.2) is 14.2 Å². The predicted octanol–water partition coefficient (Wildman–Crippen LogP) is 3.04. The van der Waals surface area contributed by atoms with Crippen molar-refractivity contribution in [2.45, 2.75) is 33.8 Å². The molecule has 1 atom stereocenters. The number of nitrogens with one attached hydrogen (secondary N) is 1. The number of anilines is 2. The monoisotopic (exact) mass is 497 g/mol. The Hall–Kier alpha value is -3.69. The van der Waals surface area contributed by atoms with Gasteiger partial charge in [0.25, 0.3) is 0 Å². The van der Waals surface area contributed by atoms with Gasteiger partial charge in [0.2, 0.25) is 11.8 Å². The number of pyridine rings is 1. The average molecular weight is 498 g/mol. The summed E-state index contributed by atoms with van der Waals surface area (Å²) in [6, 6.07) is 8.26. The van der Waals surface area contributed by atoms with E-state index in [-0.39, 0.29) is 24.9 Å². The first-order valence-electron chi connectivity index (χ1n) is 12.1. The molecule has 3 heterocycles. The molecule has 36 heavy (non-hydrogen) atoms. The van der Waals surface area contributed by atoms with E-state index in [1.165, 1.54) is 17.9 Å². The Labute approximate surface area is 210 Å². The van der Waals surface area contributed by atoms with Crippen molar-refractivity contribution in [3.05, 3.63) is 42.3 Å². The second-order valence-corrected chi connectivity index (χ2v) is 10.2. The molecular weight excluding hydrogens is 465 g/mol. The molecule has 0 aliphatic carbocycles. The zero-order valence-corrected chi connectivity index (χ0v) is 21.1. The minimum Gasteiger partial charge on any atom is -0.442 e. The van der Waals surface area contributed by atoms with Gasteiger partial charge in [0.05, 0.1) is 18.8 Å². The Balaban J connectivity index is 1.40. The summed E-state index contributed by atoms with van der Waals surface area (Å²) in [5.74, 6) is 0.241. The lowest BCUT2D eigenvalue weighted by atomic mass is 9.94. The summed E-state index contributed by atoms with van der Waals surface area (Å²) in [5.41, 5.74) is 0.988. The summed E-state index contributed by atoms with van der Waals surface area (Å²) < 4.78 is 20.3. The molecule has 0 unspecified atom stereocenters. The van der Waals surface area contributed by atoms with E-state index in [1.54, 1.807) is 18.3 Å². The van der Waals surface area contributed by atoms with E-state index in [2.05, 4.69) is 15.2 Å². The molecule has 9 nitrogen and oxygen atoms in total. The lowest BCUT2D eigenvalue weighted by molar-refractivity contribution is -0.139. The summed E-state index contributed by atoms with van der Waals surface area (Å²) in [5, 5.41) is 2.62. The molecule has 2 aliphatic heterocycles. The fourth-order valence-electron chi connectivity index (χ4n) is 4.35. The van der Waals surface area contributed by atoms with Crippen LogP contribution < -0.4 is 15.1 Å². The zero-order chi connectivity index (χ0) is 26.0. The molecule has 2 aliphatic rings. The number of aromatic nitrogens is 1. The van der Waals surface area contributed by atoms with Gasteiger partial charge in [-0.05, 0) is 30.3 Å². The first kappa shape index (κ1) is 25.4. The van der Waals surface area contributed by atoms with E-state index >= 15 is 4.39 Å². The number of cyclic esters (lactones) is 1. The minimum atomic E-state index is -0.576. The Morgan fingerprint density at radius 2 is 1.86 bits per heavy atom. The highest BCUT2D eigenvalue weighted by molar-refractivity contribution is 5.90. The van der Waals surface area contributed by atoms with Crippen molar-refractivity contribution in [3.63, 3.8) is 0 Å². The molecule has 2 aromatic rings. The topological polar surface area (TPSA) is 95.1 Å². The quantitative estimate of drug-likeness (QED) is 0.683. The van der Waals surface area contributed by atoms with E-state index in [9.17, 15) is 14.4 Å². The highest BCUT2D eigenvalue weighted by Gasteiger charge is 2.33. The van der Waals surface area contributed by atoms with Crippen molar-refractivity contribution in [3.8, 4) is 11.1 Å². The number of carbonyl (C=O) groups excluding carboxylic acids is 3. The minimum absolute atomic E-state index is 0.148. The van der Waals surface area contributed by atoms with Gasteiger partial charge in [-0.15, -0.1) is 0 Å². The van der Waals surface area contributed by atoms with Crippen LogP contribution in [0.15, 0.2) is 36.5 Å². The molecular formula is C26H32FN5O4. The molecule has 4 rings (SSSR count). The Morgan fingerprint density at radius 3 is 2.44 bits per heavy atom. The normalized spacial score (nSPS) is 18.3. The van der Waals surface area contributed by atoms with Crippen molar-refractivity contribution < 1.29 is 23.5 Å². The first-order chi connectivity index (χ1) is 17.0. The Bertz CT molecular complexity index is 1140. The standard InChI is InChI=1S/C26H32FN5O4/c1-17(33)28-15-20-16-32(25(35)36-20)19-6-7-21(22(27)13-19)18-5-8-23(29-14-18)30-9-11-31(12-10-30)24(34)26(2,3)4/h5-8,13-14,20H,9-12,15-16H2,1-4H3,(H,28,33)/t20-/m0/s1. The molecule has 1 aromatic heterocycles. The number of nitrogens with zero attached hydrogens (tertiary/aromatic N) is 4. The molecule has 2 fully saturated rings. The number of hydrogen-bond donors (Lipinski definition) is 1. The molecule has 1 aromatic carbocycles. The fourth-order valence-corrected chi connectivity index (χ4v) is 4.35. The number of benzene rings is 1. The highest BCUT2D eigenvalue weighted by atomic mass is 19.1. The van der Waals surface area contributed by atoms with Gasteiger partial charge in [-0.3, -0.25) is 14.5 Å². The molecule has 2 saturated heterocycles. The molecule has 1 N–H and O–H groups in total. The number of piperazine rings is 1. The number of hydrogen-bond acceptors (Lipinski definition) is 6. The van der Waals surface area contributed by atoms with Crippen molar-refractivity contribution >= 4 is 29.4 Å². The van der Waals surface area contributed by atoms with Crippen LogP contribution in [0.2, 0.25) is 0 Å². The fraction of sp³-hybridized carbons (Fsp3) is 0.462. The maximum atomic E-state index is 15.0. The van der Waals surface area contributed by atoms with Crippen LogP contribution >= 0.6 is 0 Å². The smallest absolute Gasteiger partial charge is 0.414 e.